The smallest absolute Gasteiger partial charge is 0.383 e. The van der Waals surface area contributed by atoms with Crippen LogP contribution in [0.25, 0.3) is 0 Å². The van der Waals surface area contributed by atoms with E-state index >= 15 is 0 Å². The first-order chi connectivity index (χ1) is 14.7. The maximum atomic E-state index is 12.9. The molecule has 12 heteroatoms. The van der Waals surface area contributed by atoms with Crippen molar-refractivity contribution in [3.05, 3.63) is 0 Å². The Morgan fingerprint density at radius 2 is 1.72 bits per heavy atom. The van der Waals surface area contributed by atoms with Gasteiger partial charge in [0.2, 0.25) is 17.7 Å². The van der Waals surface area contributed by atoms with E-state index in [0.29, 0.717) is 13.0 Å². The number of aliphatic hydroxyl groups is 1. The van der Waals surface area contributed by atoms with Gasteiger partial charge in [-0.05, 0) is 31.1 Å². The van der Waals surface area contributed by atoms with Gasteiger partial charge in [-0.25, -0.2) is 0 Å². The second kappa shape index (κ2) is 12.1. The highest BCUT2D eigenvalue weighted by atomic mass is 19.4. The zero-order chi connectivity index (χ0) is 24.6. The molecule has 1 aliphatic rings. The number of Topliss-reactive ketones (excluding diaryl/α,β-unsaturated/α-hetero) is 1. The van der Waals surface area contributed by atoms with Crippen molar-refractivity contribution in [3.8, 4) is 0 Å². The molecule has 3 amide bonds. The van der Waals surface area contributed by atoms with Crippen LogP contribution in [-0.4, -0.2) is 66.3 Å². The van der Waals surface area contributed by atoms with Crippen molar-refractivity contribution in [1.82, 2.24) is 16.0 Å². The normalized spacial score (nSPS) is 19.4. The van der Waals surface area contributed by atoms with Gasteiger partial charge in [-0.15, -0.1) is 13.2 Å². The van der Waals surface area contributed by atoms with Crippen molar-refractivity contribution < 1.29 is 42.2 Å². The third-order valence-corrected chi connectivity index (χ3v) is 5.01. The second-order valence-corrected chi connectivity index (χ2v) is 8.65. The van der Waals surface area contributed by atoms with E-state index in [1.54, 1.807) is 27.7 Å². The molecule has 0 aromatic heterocycles. The Morgan fingerprint density at radius 1 is 1.12 bits per heavy atom. The quantitative estimate of drug-likeness (QED) is 0.333. The lowest BCUT2D eigenvalue weighted by Crippen LogP contribution is -2.55. The average Bonchev–Trinajstić information content (AvgIpc) is 3.07. The molecule has 9 nitrogen and oxygen atoms in total. The Balaban J connectivity index is 2.97. The third kappa shape index (κ3) is 9.51. The highest BCUT2D eigenvalue weighted by Gasteiger charge is 2.36. The Morgan fingerprint density at radius 3 is 2.19 bits per heavy atom. The van der Waals surface area contributed by atoms with Gasteiger partial charge in [0.25, 0.3) is 0 Å². The lowest BCUT2D eigenvalue weighted by atomic mass is 9.95. The zero-order valence-corrected chi connectivity index (χ0v) is 18.6. The number of alkyl halides is 3. The minimum Gasteiger partial charge on any atom is -0.383 e. The predicted octanol–water partition coefficient (Wildman–Crippen LogP) is 0.651. The monoisotopic (exact) mass is 467 g/mol. The molecule has 184 valence electrons. The van der Waals surface area contributed by atoms with Gasteiger partial charge in [0.15, 0.2) is 5.78 Å². The van der Waals surface area contributed by atoms with Crippen LogP contribution in [0.15, 0.2) is 0 Å². The van der Waals surface area contributed by atoms with Crippen LogP contribution in [-0.2, 0) is 23.9 Å². The number of carbonyl (C=O) groups is 4. The van der Waals surface area contributed by atoms with Crippen LogP contribution in [0.3, 0.4) is 0 Å². The van der Waals surface area contributed by atoms with E-state index < -0.39 is 60.6 Å². The summed E-state index contributed by atoms with van der Waals surface area (Å²) in [4.78, 5) is 49.3. The standard InChI is InChI=1S/C20H32F3N3O6/c1-10(2)7-14(26-19(31)16(28)11(3)4)18(30)25-13(8-12-5-6-24-17(12)29)15(27)9-32-20(21,22)23/h10-14,16,28H,5-9H2,1-4H3,(H,24,29)(H,25,30)(H,26,31)/t12-,13-,14-,16+/m0/s1. The van der Waals surface area contributed by atoms with E-state index in [1.165, 1.54) is 0 Å². The highest BCUT2D eigenvalue weighted by Crippen LogP contribution is 2.20. The molecular formula is C20H32F3N3O6. The van der Waals surface area contributed by atoms with Crippen molar-refractivity contribution >= 4 is 23.5 Å². The fourth-order valence-corrected chi connectivity index (χ4v) is 3.21. The van der Waals surface area contributed by atoms with Crippen LogP contribution >= 0.6 is 0 Å². The first kappa shape index (κ1) is 27.8. The summed E-state index contributed by atoms with van der Waals surface area (Å²) < 4.78 is 40.7. The van der Waals surface area contributed by atoms with E-state index in [-0.39, 0.29) is 24.7 Å². The van der Waals surface area contributed by atoms with Crippen LogP contribution < -0.4 is 16.0 Å². The zero-order valence-electron chi connectivity index (χ0n) is 18.6. The first-order valence-electron chi connectivity index (χ1n) is 10.5. The van der Waals surface area contributed by atoms with Gasteiger partial charge in [0.05, 0.1) is 6.04 Å². The summed E-state index contributed by atoms with van der Waals surface area (Å²) in [6.07, 6.45) is -6.07. The molecule has 4 N–H and O–H groups in total. The molecule has 4 atom stereocenters. The molecule has 0 aliphatic carbocycles. The summed E-state index contributed by atoms with van der Waals surface area (Å²) in [7, 11) is 0. The third-order valence-electron chi connectivity index (χ3n) is 5.01. The number of nitrogens with one attached hydrogen (secondary N) is 3. The summed E-state index contributed by atoms with van der Waals surface area (Å²) in [6.45, 7) is 5.84. The molecule has 1 aliphatic heterocycles. The van der Waals surface area contributed by atoms with E-state index in [0.717, 1.165) is 0 Å². The number of hydrogen-bond donors (Lipinski definition) is 4. The Labute approximate surface area is 184 Å². The molecule has 1 heterocycles. The van der Waals surface area contributed by atoms with Gasteiger partial charge < -0.3 is 21.1 Å². The summed E-state index contributed by atoms with van der Waals surface area (Å²) >= 11 is 0. The maximum absolute atomic E-state index is 12.9. The van der Waals surface area contributed by atoms with Gasteiger partial charge in [0.1, 0.15) is 18.8 Å². The van der Waals surface area contributed by atoms with Crippen LogP contribution in [0.1, 0.15) is 47.0 Å². The van der Waals surface area contributed by atoms with Gasteiger partial charge in [-0.1, -0.05) is 27.7 Å². The van der Waals surface area contributed by atoms with Gasteiger partial charge in [0, 0.05) is 12.5 Å². The van der Waals surface area contributed by atoms with Crippen molar-refractivity contribution in [2.75, 3.05) is 13.2 Å². The fourth-order valence-electron chi connectivity index (χ4n) is 3.21. The topological polar surface area (TPSA) is 134 Å². The largest absolute Gasteiger partial charge is 0.522 e. The lowest BCUT2D eigenvalue weighted by Gasteiger charge is -2.26. The number of ketones is 1. The molecular weight excluding hydrogens is 435 g/mol. The molecule has 0 radical (unpaired) electrons. The molecule has 0 aromatic carbocycles. The summed E-state index contributed by atoms with van der Waals surface area (Å²) in [5, 5.41) is 17.3. The van der Waals surface area contributed by atoms with Crippen molar-refractivity contribution in [1.29, 1.82) is 0 Å². The number of hydrogen-bond acceptors (Lipinski definition) is 6. The van der Waals surface area contributed by atoms with Crippen LogP contribution in [0, 0.1) is 17.8 Å². The van der Waals surface area contributed by atoms with Gasteiger partial charge >= 0.3 is 6.36 Å². The molecule has 1 saturated heterocycles. The van der Waals surface area contributed by atoms with Crippen LogP contribution in [0.5, 0.6) is 0 Å². The molecule has 1 fully saturated rings. The number of ether oxygens (including phenoxy) is 1. The number of amides is 3. The average molecular weight is 467 g/mol. The van der Waals surface area contributed by atoms with E-state index in [4.69, 9.17) is 0 Å². The van der Waals surface area contributed by atoms with E-state index in [1.807, 2.05) is 0 Å². The van der Waals surface area contributed by atoms with Crippen LogP contribution in [0.4, 0.5) is 13.2 Å². The SMILES string of the molecule is CC(C)C[C@H](NC(=O)[C@H](O)C(C)C)C(=O)N[C@@H](C[C@@H]1CCNC1=O)C(=O)COC(F)(F)F. The second-order valence-electron chi connectivity index (χ2n) is 8.65. The Hall–Kier alpha value is -2.21. The molecule has 0 saturated carbocycles. The van der Waals surface area contributed by atoms with Crippen molar-refractivity contribution in [2.24, 2.45) is 17.8 Å². The van der Waals surface area contributed by atoms with Gasteiger partial charge in [-0.3, -0.25) is 23.9 Å². The van der Waals surface area contributed by atoms with Crippen LogP contribution in [0.2, 0.25) is 0 Å². The number of rotatable bonds is 12. The number of aliphatic hydroxyl groups excluding tert-OH is 1. The van der Waals surface area contributed by atoms with Crippen molar-refractivity contribution in [2.45, 2.75) is 71.5 Å². The molecule has 32 heavy (non-hydrogen) atoms. The summed E-state index contributed by atoms with van der Waals surface area (Å²) in [5.74, 6) is -4.12. The number of carbonyl (C=O) groups excluding carboxylic acids is 4. The molecule has 0 spiro atoms. The predicted molar refractivity (Wildman–Crippen MR) is 107 cm³/mol. The first-order valence-corrected chi connectivity index (χ1v) is 10.5. The van der Waals surface area contributed by atoms with E-state index in [9.17, 15) is 37.5 Å². The van der Waals surface area contributed by atoms with Crippen molar-refractivity contribution in [3.63, 3.8) is 0 Å². The molecule has 0 aromatic rings. The maximum Gasteiger partial charge on any atom is 0.522 e. The Kier molecular flexibility index (Phi) is 10.6. The summed E-state index contributed by atoms with van der Waals surface area (Å²) in [5.41, 5.74) is 0. The summed E-state index contributed by atoms with van der Waals surface area (Å²) in [6, 6.07) is -2.55. The fraction of sp³-hybridized carbons (Fsp3) is 0.800. The highest BCUT2D eigenvalue weighted by molar-refractivity contribution is 5.94. The molecule has 0 unspecified atom stereocenters. The lowest BCUT2D eigenvalue weighted by molar-refractivity contribution is -0.321. The minimum absolute atomic E-state index is 0.0643. The Bertz CT molecular complexity index is 684. The molecule has 1 rings (SSSR count). The minimum atomic E-state index is -5.03. The van der Waals surface area contributed by atoms with E-state index in [2.05, 4.69) is 20.7 Å². The molecule has 0 bridgehead atoms. The number of halogens is 3. The van der Waals surface area contributed by atoms with Gasteiger partial charge in [-0.2, -0.15) is 0 Å².